The molecule has 0 unspecified atom stereocenters. The van der Waals surface area contributed by atoms with Crippen molar-refractivity contribution in [1.82, 2.24) is 19.1 Å². The van der Waals surface area contributed by atoms with E-state index in [4.69, 9.17) is 4.84 Å². The maximum absolute atomic E-state index is 12.1. The lowest BCUT2D eigenvalue weighted by Crippen LogP contribution is -2.30. The van der Waals surface area contributed by atoms with Gasteiger partial charge in [-0.15, -0.1) is 0 Å². The number of carbonyl (C=O) groups excluding carboxylic acids is 1. The second kappa shape index (κ2) is 7.28. The van der Waals surface area contributed by atoms with E-state index in [9.17, 15) is 4.79 Å². The highest BCUT2D eigenvalue weighted by molar-refractivity contribution is 7.97. The highest BCUT2D eigenvalue weighted by Crippen LogP contribution is 2.22. The Bertz CT molecular complexity index is 665. The van der Waals surface area contributed by atoms with Crippen molar-refractivity contribution in [2.45, 2.75) is 25.7 Å². The van der Waals surface area contributed by atoms with Crippen molar-refractivity contribution in [3.05, 3.63) is 43.0 Å². The molecule has 0 spiro atoms. The fraction of sp³-hybridized carbons (Fsp3) is 0.333. The lowest BCUT2D eigenvalue weighted by Gasteiger charge is -2.20. The summed E-state index contributed by atoms with van der Waals surface area (Å²) in [6, 6.07) is 9.55. The topological polar surface area (TPSA) is 72.6 Å². The van der Waals surface area contributed by atoms with Gasteiger partial charge >= 0.3 is 6.09 Å². The molecule has 2 rings (SSSR count). The lowest BCUT2D eigenvalue weighted by molar-refractivity contribution is 0.135. The van der Waals surface area contributed by atoms with Crippen molar-refractivity contribution in [2.24, 2.45) is 10.6 Å². The molecule has 0 saturated carbocycles. The van der Waals surface area contributed by atoms with Gasteiger partial charge in [0.1, 0.15) is 12.7 Å². The van der Waals surface area contributed by atoms with Crippen LogP contribution in [0.2, 0.25) is 0 Å². The van der Waals surface area contributed by atoms with Crippen molar-refractivity contribution < 1.29 is 9.63 Å². The number of hydrogen-bond acceptors (Lipinski definition) is 6. The second-order valence-electron chi connectivity index (χ2n) is 5.76. The van der Waals surface area contributed by atoms with E-state index in [1.54, 1.807) is 7.05 Å². The number of rotatable bonds is 3. The van der Waals surface area contributed by atoms with Crippen molar-refractivity contribution in [2.75, 3.05) is 7.05 Å². The summed E-state index contributed by atoms with van der Waals surface area (Å²) in [6.45, 7) is 5.84. The Morgan fingerprint density at radius 2 is 2.00 bits per heavy atom. The van der Waals surface area contributed by atoms with Crippen molar-refractivity contribution in [1.29, 1.82) is 0 Å². The zero-order chi connectivity index (χ0) is 16.9. The molecule has 1 aromatic carbocycles. The summed E-state index contributed by atoms with van der Waals surface area (Å²) < 4.78 is 2.86. The molecule has 0 aliphatic carbocycles. The van der Waals surface area contributed by atoms with E-state index < -0.39 is 6.09 Å². The molecule has 2 aromatic rings. The molecular formula is C15H19N5O2S. The van der Waals surface area contributed by atoms with Crippen LogP contribution in [0.25, 0.3) is 0 Å². The number of hydrogen-bond donors (Lipinski definition) is 0. The minimum absolute atomic E-state index is 0.362. The quantitative estimate of drug-likeness (QED) is 0.283. The fourth-order valence-corrected chi connectivity index (χ4v) is 2.36. The van der Waals surface area contributed by atoms with Gasteiger partial charge in [0.05, 0.1) is 0 Å². The molecule has 1 amide bonds. The molecule has 0 radical (unpaired) electrons. The summed E-state index contributed by atoms with van der Waals surface area (Å²) in [6.07, 6.45) is 2.35. The maximum Gasteiger partial charge on any atom is 0.446 e. The lowest BCUT2D eigenvalue weighted by atomic mass is 9.95. The maximum atomic E-state index is 12.1. The van der Waals surface area contributed by atoms with Crippen LogP contribution < -0.4 is 0 Å². The minimum Gasteiger partial charge on any atom is -0.295 e. The molecule has 1 heterocycles. The Morgan fingerprint density at radius 1 is 1.30 bits per heavy atom. The van der Waals surface area contributed by atoms with Crippen LogP contribution in [0, 0.1) is 5.41 Å². The largest absolute Gasteiger partial charge is 0.446 e. The number of benzene rings is 1. The average molecular weight is 333 g/mol. The third-order valence-electron chi connectivity index (χ3n) is 2.76. The van der Waals surface area contributed by atoms with Crippen LogP contribution in [0.5, 0.6) is 0 Å². The van der Waals surface area contributed by atoms with Gasteiger partial charge in [-0.3, -0.25) is 4.84 Å². The first kappa shape index (κ1) is 17.0. The van der Waals surface area contributed by atoms with E-state index in [1.807, 2.05) is 51.1 Å². The summed E-state index contributed by atoms with van der Waals surface area (Å²) in [5.74, 6) is 0.487. The molecule has 7 nitrogen and oxygen atoms in total. The molecule has 23 heavy (non-hydrogen) atoms. The number of oxime groups is 1. The molecule has 1 aromatic heterocycles. The molecule has 0 aliphatic rings. The van der Waals surface area contributed by atoms with Crippen LogP contribution in [0.3, 0.4) is 0 Å². The monoisotopic (exact) mass is 333 g/mol. The van der Waals surface area contributed by atoms with Gasteiger partial charge in [-0.2, -0.15) is 5.10 Å². The standard InChI is InChI=1S/C15H19N5O2S/c1-15(2,3)13(20-11-16-10-17-20)18-22-14(21)19(4)23-12-8-6-5-7-9-12/h5-11H,1-4H3. The van der Waals surface area contributed by atoms with E-state index in [0.717, 1.165) is 4.90 Å². The van der Waals surface area contributed by atoms with Crippen LogP contribution in [0.1, 0.15) is 20.8 Å². The minimum atomic E-state index is -0.569. The number of nitrogens with zero attached hydrogens (tertiary/aromatic N) is 5. The van der Waals surface area contributed by atoms with E-state index in [2.05, 4.69) is 15.2 Å². The van der Waals surface area contributed by atoms with Crippen LogP contribution in [-0.4, -0.2) is 38.0 Å². The Balaban J connectivity index is 2.06. The van der Waals surface area contributed by atoms with Gasteiger partial charge < -0.3 is 0 Å². The molecule has 0 fully saturated rings. The predicted octanol–water partition coefficient (Wildman–Crippen LogP) is 3.26. The van der Waals surface area contributed by atoms with Gasteiger partial charge in [-0.25, -0.2) is 18.8 Å². The molecule has 0 aliphatic heterocycles. The predicted molar refractivity (Wildman–Crippen MR) is 88.9 cm³/mol. The van der Waals surface area contributed by atoms with Crippen LogP contribution in [0.4, 0.5) is 4.79 Å². The van der Waals surface area contributed by atoms with Gasteiger partial charge in [0, 0.05) is 17.4 Å². The molecule has 0 atom stereocenters. The number of carbonyl (C=O) groups is 1. The van der Waals surface area contributed by atoms with Gasteiger partial charge in [-0.1, -0.05) is 44.1 Å². The van der Waals surface area contributed by atoms with E-state index in [-0.39, 0.29) is 5.41 Å². The van der Waals surface area contributed by atoms with E-state index in [0.29, 0.717) is 5.84 Å². The summed E-state index contributed by atoms with van der Waals surface area (Å²) in [5.41, 5.74) is -0.362. The molecule has 0 saturated heterocycles. The highest BCUT2D eigenvalue weighted by Gasteiger charge is 2.24. The Morgan fingerprint density at radius 3 is 2.57 bits per heavy atom. The van der Waals surface area contributed by atoms with Crippen molar-refractivity contribution in [3.8, 4) is 0 Å². The summed E-state index contributed by atoms with van der Waals surface area (Å²) in [5, 5.41) is 8.01. The molecule has 122 valence electrons. The Labute approximate surface area is 139 Å². The molecular weight excluding hydrogens is 314 g/mol. The summed E-state index contributed by atoms with van der Waals surface area (Å²) in [4.78, 5) is 22.0. The van der Waals surface area contributed by atoms with Gasteiger partial charge in [0.25, 0.3) is 0 Å². The third kappa shape index (κ3) is 4.82. The normalized spacial score (nSPS) is 12.1. The fourth-order valence-electron chi connectivity index (χ4n) is 1.66. The third-order valence-corrected chi connectivity index (χ3v) is 3.67. The Hall–Kier alpha value is -2.35. The smallest absolute Gasteiger partial charge is 0.295 e. The average Bonchev–Trinajstić information content (AvgIpc) is 3.00. The van der Waals surface area contributed by atoms with E-state index >= 15 is 0 Å². The number of aromatic nitrogens is 3. The highest BCUT2D eigenvalue weighted by atomic mass is 32.2. The van der Waals surface area contributed by atoms with Crippen molar-refractivity contribution >= 4 is 23.9 Å². The Kier molecular flexibility index (Phi) is 5.38. The number of amides is 1. The first-order valence-corrected chi connectivity index (χ1v) is 7.76. The van der Waals surface area contributed by atoms with Gasteiger partial charge in [-0.05, 0) is 24.1 Å². The first-order chi connectivity index (χ1) is 10.9. The second-order valence-corrected chi connectivity index (χ2v) is 6.97. The molecule has 8 heteroatoms. The zero-order valence-electron chi connectivity index (χ0n) is 13.5. The molecule has 0 N–H and O–H groups in total. The van der Waals surface area contributed by atoms with Gasteiger partial charge in [0.15, 0.2) is 5.84 Å². The molecule has 0 bridgehead atoms. The van der Waals surface area contributed by atoms with E-state index in [1.165, 1.54) is 33.6 Å². The van der Waals surface area contributed by atoms with Crippen molar-refractivity contribution in [3.63, 3.8) is 0 Å². The van der Waals surface area contributed by atoms with Gasteiger partial charge in [0.2, 0.25) is 0 Å². The van der Waals surface area contributed by atoms with Crippen LogP contribution in [-0.2, 0) is 4.84 Å². The summed E-state index contributed by atoms with van der Waals surface area (Å²) >= 11 is 1.26. The van der Waals surface area contributed by atoms with Crippen LogP contribution in [0.15, 0.2) is 53.0 Å². The SMILES string of the molecule is CN(Sc1ccccc1)C(=O)ON=C(n1cncn1)C(C)(C)C. The first-order valence-electron chi connectivity index (χ1n) is 6.99. The van der Waals surface area contributed by atoms with Crippen LogP contribution >= 0.6 is 11.9 Å². The summed E-state index contributed by atoms with van der Waals surface area (Å²) in [7, 11) is 1.63. The zero-order valence-corrected chi connectivity index (χ0v) is 14.3.